The van der Waals surface area contributed by atoms with Crippen molar-refractivity contribution >= 4 is 23.6 Å². The highest BCUT2D eigenvalue weighted by molar-refractivity contribution is 5.91. The number of alkyl halides is 1. The van der Waals surface area contributed by atoms with E-state index >= 15 is 0 Å². The van der Waals surface area contributed by atoms with Gasteiger partial charge in [-0.1, -0.05) is 30.3 Å². The number of urea groups is 1. The first-order chi connectivity index (χ1) is 21.8. The lowest BCUT2D eigenvalue weighted by Gasteiger charge is -2.44. The second-order valence-electron chi connectivity index (χ2n) is 11.7. The van der Waals surface area contributed by atoms with Crippen LogP contribution < -0.4 is 20.4 Å². The number of aliphatic hydroxyl groups is 1. The van der Waals surface area contributed by atoms with Crippen LogP contribution in [0.15, 0.2) is 67.3 Å². The smallest absolute Gasteiger partial charge is 0.323 e. The van der Waals surface area contributed by atoms with Gasteiger partial charge in [-0.15, -0.1) is 0 Å². The molecule has 0 radical (unpaired) electrons. The molecule has 0 spiro atoms. The van der Waals surface area contributed by atoms with Crippen LogP contribution in [0.1, 0.15) is 36.8 Å². The predicted octanol–water partition coefficient (Wildman–Crippen LogP) is 3.80. The van der Waals surface area contributed by atoms with Crippen LogP contribution in [0.5, 0.6) is 0 Å². The molecular weight excluding hydrogens is 575 g/mol. The second kappa shape index (κ2) is 12.9. The fourth-order valence-corrected chi connectivity index (χ4v) is 5.90. The number of benzene rings is 1. The van der Waals surface area contributed by atoms with Crippen LogP contribution in [0.25, 0.3) is 11.1 Å². The molecule has 6 rings (SSSR count). The van der Waals surface area contributed by atoms with Crippen LogP contribution in [0.2, 0.25) is 0 Å². The highest BCUT2D eigenvalue weighted by Crippen LogP contribution is 2.33. The Bertz CT molecular complexity index is 1660. The van der Waals surface area contributed by atoms with Gasteiger partial charge in [0.1, 0.15) is 17.5 Å². The third-order valence-electron chi connectivity index (χ3n) is 8.35. The Balaban J connectivity index is 1.14. The van der Waals surface area contributed by atoms with Gasteiger partial charge in [-0.2, -0.15) is 15.3 Å². The van der Waals surface area contributed by atoms with Crippen LogP contribution in [0.3, 0.4) is 0 Å². The second-order valence-corrected chi connectivity index (χ2v) is 11.7. The number of anilines is 3. The monoisotopic (exact) mass is 610 g/mol. The number of amides is 2. The lowest BCUT2D eigenvalue weighted by molar-refractivity contribution is 0.0440. The van der Waals surface area contributed by atoms with E-state index in [1.807, 2.05) is 55.7 Å². The molecule has 232 valence electrons. The number of aliphatic hydroxyl groups excluding tert-OH is 1. The maximum Gasteiger partial charge on any atom is 0.323 e. The van der Waals surface area contributed by atoms with Gasteiger partial charge in [-0.25, -0.2) is 19.2 Å². The van der Waals surface area contributed by atoms with Crippen molar-refractivity contribution in [1.82, 2.24) is 30.0 Å². The minimum atomic E-state index is -1.68. The number of nitrogens with one attached hydrogen (secondary N) is 2. The quantitative estimate of drug-likeness (QED) is 0.257. The van der Waals surface area contributed by atoms with Gasteiger partial charge in [0.2, 0.25) is 5.95 Å². The number of hydrogen-bond acceptors (Lipinski definition) is 9. The highest BCUT2D eigenvalue weighted by atomic mass is 19.1. The van der Waals surface area contributed by atoms with Crippen LogP contribution >= 0.6 is 0 Å². The highest BCUT2D eigenvalue weighted by Gasteiger charge is 2.44. The molecule has 0 unspecified atom stereocenters. The van der Waals surface area contributed by atoms with Gasteiger partial charge in [0.15, 0.2) is 11.5 Å². The molecule has 1 aliphatic carbocycles. The molecule has 1 aliphatic heterocycles. The van der Waals surface area contributed by atoms with E-state index in [1.54, 1.807) is 26.9 Å². The van der Waals surface area contributed by atoms with Crippen LogP contribution in [-0.2, 0) is 13.6 Å². The number of carbonyl (C=O) groups excluding carboxylic acids is 1. The number of aromatic nitrogens is 5. The summed E-state index contributed by atoms with van der Waals surface area (Å²) in [6.07, 6.45) is 9.85. The molecule has 0 atom stereocenters. The Kier molecular flexibility index (Phi) is 8.57. The normalized spacial score (nSPS) is 18.8. The van der Waals surface area contributed by atoms with Crippen molar-refractivity contribution in [2.75, 3.05) is 34.8 Å². The summed E-state index contributed by atoms with van der Waals surface area (Å²) in [6.45, 7) is -0.229. The summed E-state index contributed by atoms with van der Waals surface area (Å²) in [5.41, 5.74) is 1.44. The van der Waals surface area contributed by atoms with E-state index in [9.17, 15) is 19.6 Å². The average molecular weight is 611 g/mol. The minimum Gasteiger partial charge on any atom is -0.393 e. The Morgan fingerprint density at radius 1 is 1.09 bits per heavy atom. The molecule has 2 fully saturated rings. The van der Waals surface area contributed by atoms with E-state index in [4.69, 9.17) is 4.98 Å². The van der Waals surface area contributed by atoms with Crippen molar-refractivity contribution in [2.45, 2.75) is 50.0 Å². The van der Waals surface area contributed by atoms with Gasteiger partial charge in [0.25, 0.3) is 0 Å². The van der Waals surface area contributed by atoms with E-state index in [2.05, 4.69) is 31.8 Å². The Labute approximate surface area is 260 Å². The largest absolute Gasteiger partial charge is 0.393 e. The maximum atomic E-state index is 14.3. The lowest BCUT2D eigenvalue weighted by atomic mass is 9.90. The molecule has 4 heterocycles. The molecule has 1 saturated heterocycles. The van der Waals surface area contributed by atoms with Gasteiger partial charge in [0.05, 0.1) is 32.1 Å². The number of rotatable bonds is 9. The maximum absolute atomic E-state index is 14.3. The van der Waals surface area contributed by atoms with Gasteiger partial charge in [-0.05, 0) is 43.4 Å². The van der Waals surface area contributed by atoms with Crippen molar-refractivity contribution in [3.8, 4) is 17.2 Å². The predicted molar refractivity (Wildman–Crippen MR) is 167 cm³/mol. The molecule has 3 aromatic heterocycles. The van der Waals surface area contributed by atoms with Crippen LogP contribution in [0, 0.1) is 11.3 Å². The zero-order valence-electron chi connectivity index (χ0n) is 25.0. The van der Waals surface area contributed by atoms with Crippen LogP contribution in [0.4, 0.5) is 26.8 Å². The molecule has 0 bridgehead atoms. The molecule has 13 heteroatoms. The molecule has 1 saturated carbocycles. The van der Waals surface area contributed by atoms with E-state index in [0.29, 0.717) is 24.1 Å². The van der Waals surface area contributed by atoms with Crippen molar-refractivity contribution in [2.24, 2.45) is 7.05 Å². The first kappa shape index (κ1) is 30.0. The number of pyridine rings is 1. The third-order valence-corrected chi connectivity index (χ3v) is 8.35. The first-order valence-corrected chi connectivity index (χ1v) is 15.0. The summed E-state index contributed by atoms with van der Waals surface area (Å²) < 4.78 is 16.1. The van der Waals surface area contributed by atoms with Gasteiger partial charge >= 0.3 is 6.03 Å². The van der Waals surface area contributed by atoms with Crippen molar-refractivity contribution in [3.63, 3.8) is 0 Å². The van der Waals surface area contributed by atoms with Crippen molar-refractivity contribution < 1.29 is 14.3 Å². The standard InChI is InChI=1S/C32H35FN10O2/c1-41-18-25(17-38-41)23-7-12-28(35-15-23)43(31(45)37-14-22-5-3-2-4-6-22)27-10-8-26(9-11-27)39-30-36-16-24(13-34)29(40-30)42-19-32(33,20-42)21-44/h2-7,12,15-18,26-27,44H,8-11,14,19-21H2,1H3,(H,37,45)(H,36,39,40). The Morgan fingerprint density at radius 3 is 2.51 bits per heavy atom. The summed E-state index contributed by atoms with van der Waals surface area (Å²) >= 11 is 0. The zero-order chi connectivity index (χ0) is 31.4. The Morgan fingerprint density at radius 2 is 1.87 bits per heavy atom. The SMILES string of the molecule is Cn1cc(-c2ccc(N(C(=O)NCc3ccccc3)C3CCC(Nc4ncc(C#N)c(N5CC(F)(CO)C5)n4)CC3)nc2)cn1. The topological polar surface area (TPSA) is 148 Å². The van der Waals surface area contributed by atoms with Gasteiger partial charge in [-0.3, -0.25) is 9.58 Å². The fourth-order valence-electron chi connectivity index (χ4n) is 5.90. The average Bonchev–Trinajstić information content (AvgIpc) is 3.50. The number of carbonyl (C=O) groups is 1. The summed E-state index contributed by atoms with van der Waals surface area (Å²) in [7, 11) is 1.86. The van der Waals surface area contributed by atoms with Gasteiger partial charge in [0, 0.05) is 49.2 Å². The number of halogens is 1. The number of nitrogens with zero attached hydrogens (tertiary/aromatic N) is 8. The Hall–Kier alpha value is -5.09. The number of aryl methyl sites for hydroxylation is 1. The molecule has 2 amide bonds. The van der Waals surface area contributed by atoms with E-state index in [0.717, 1.165) is 42.4 Å². The van der Waals surface area contributed by atoms with Crippen LogP contribution in [-0.4, -0.2) is 73.3 Å². The van der Waals surface area contributed by atoms with E-state index in [-0.39, 0.29) is 36.8 Å². The first-order valence-electron chi connectivity index (χ1n) is 15.0. The molecular formula is C32H35FN10O2. The molecule has 12 nitrogen and oxygen atoms in total. The van der Waals surface area contributed by atoms with Gasteiger partial charge < -0.3 is 20.6 Å². The molecule has 4 aromatic rings. The van der Waals surface area contributed by atoms with Crippen molar-refractivity contribution in [1.29, 1.82) is 5.26 Å². The fraction of sp³-hybridized carbons (Fsp3) is 0.375. The summed E-state index contributed by atoms with van der Waals surface area (Å²) in [5, 5.41) is 29.5. The number of nitriles is 1. The summed E-state index contributed by atoms with van der Waals surface area (Å²) in [6, 6.07) is 15.4. The third kappa shape index (κ3) is 6.71. The number of hydrogen-bond donors (Lipinski definition) is 3. The zero-order valence-corrected chi connectivity index (χ0v) is 25.0. The lowest BCUT2D eigenvalue weighted by Crippen LogP contribution is -2.61. The summed E-state index contributed by atoms with van der Waals surface area (Å²) in [5.74, 6) is 1.29. The van der Waals surface area contributed by atoms with Crippen molar-refractivity contribution in [3.05, 3.63) is 78.4 Å². The molecule has 2 aliphatic rings. The van der Waals surface area contributed by atoms with E-state index in [1.165, 1.54) is 6.20 Å². The molecule has 3 N–H and O–H groups in total. The molecule has 1 aromatic carbocycles. The summed E-state index contributed by atoms with van der Waals surface area (Å²) in [4.78, 5) is 30.6. The minimum absolute atomic E-state index is 0.0286. The van der Waals surface area contributed by atoms with E-state index < -0.39 is 12.3 Å². The molecule has 45 heavy (non-hydrogen) atoms.